The van der Waals surface area contributed by atoms with E-state index in [1.807, 2.05) is 26.0 Å². The molecule has 1 atom stereocenters. The van der Waals surface area contributed by atoms with E-state index in [4.69, 9.17) is 4.74 Å². The maximum atomic E-state index is 14.0. The highest BCUT2D eigenvalue weighted by Gasteiger charge is 2.18. The Kier molecular flexibility index (Phi) is 6.63. The zero-order valence-electron chi connectivity index (χ0n) is 13.4. The Hall–Kier alpha value is -0.930. The molecule has 0 spiro atoms. The van der Waals surface area contributed by atoms with Crippen molar-refractivity contribution in [3.63, 3.8) is 0 Å². The Morgan fingerprint density at radius 1 is 1.20 bits per heavy atom. The molecule has 3 heteroatoms. The molecule has 114 valence electrons. The van der Waals surface area contributed by atoms with Gasteiger partial charge in [-0.05, 0) is 52.7 Å². The smallest absolute Gasteiger partial charge is 0.126 e. The average Bonchev–Trinajstić information content (AvgIpc) is 2.33. The standard InChI is InChI=1S/C17H28FNO/c1-13(2)20-11-10-14(12-19-17(3,4)5)15-8-6-7-9-16(15)18/h6-9,13-14,19H,10-12H2,1-5H3. The van der Waals surface area contributed by atoms with Crippen LogP contribution in [0.2, 0.25) is 0 Å². The number of rotatable bonds is 7. The molecule has 0 heterocycles. The van der Waals surface area contributed by atoms with Crippen molar-refractivity contribution in [3.8, 4) is 0 Å². The lowest BCUT2D eigenvalue weighted by Crippen LogP contribution is -2.39. The number of ether oxygens (including phenoxy) is 1. The zero-order valence-corrected chi connectivity index (χ0v) is 13.4. The highest BCUT2D eigenvalue weighted by Crippen LogP contribution is 2.23. The normalized spacial score (nSPS) is 13.8. The van der Waals surface area contributed by atoms with Crippen LogP contribution in [0.5, 0.6) is 0 Å². The molecule has 20 heavy (non-hydrogen) atoms. The monoisotopic (exact) mass is 281 g/mol. The van der Waals surface area contributed by atoms with Crippen LogP contribution in [0.25, 0.3) is 0 Å². The summed E-state index contributed by atoms with van der Waals surface area (Å²) in [6.07, 6.45) is 1.04. The van der Waals surface area contributed by atoms with Gasteiger partial charge in [0.15, 0.2) is 0 Å². The van der Waals surface area contributed by atoms with Gasteiger partial charge in [0.25, 0.3) is 0 Å². The molecule has 0 saturated heterocycles. The fourth-order valence-corrected chi connectivity index (χ4v) is 2.05. The highest BCUT2D eigenvalue weighted by molar-refractivity contribution is 5.22. The van der Waals surface area contributed by atoms with E-state index in [-0.39, 0.29) is 23.4 Å². The van der Waals surface area contributed by atoms with Crippen LogP contribution in [0.3, 0.4) is 0 Å². The van der Waals surface area contributed by atoms with E-state index < -0.39 is 0 Å². The predicted octanol–water partition coefficient (Wildman–Crippen LogP) is 4.11. The Morgan fingerprint density at radius 2 is 1.85 bits per heavy atom. The number of benzene rings is 1. The van der Waals surface area contributed by atoms with Crippen LogP contribution in [-0.2, 0) is 4.74 Å². The van der Waals surface area contributed by atoms with Gasteiger partial charge in [0.2, 0.25) is 0 Å². The van der Waals surface area contributed by atoms with Gasteiger partial charge in [0.05, 0.1) is 6.10 Å². The van der Waals surface area contributed by atoms with Gasteiger partial charge in [-0.25, -0.2) is 4.39 Å². The van der Waals surface area contributed by atoms with Crippen LogP contribution < -0.4 is 5.32 Å². The van der Waals surface area contributed by atoms with Crippen LogP contribution in [0.1, 0.15) is 52.5 Å². The number of nitrogens with one attached hydrogen (secondary N) is 1. The van der Waals surface area contributed by atoms with Crippen molar-refractivity contribution in [2.75, 3.05) is 13.2 Å². The van der Waals surface area contributed by atoms with Gasteiger partial charge in [-0.2, -0.15) is 0 Å². The Labute approximate surface area is 122 Å². The minimum Gasteiger partial charge on any atom is -0.379 e. The molecule has 0 amide bonds. The minimum absolute atomic E-state index is 0.0302. The van der Waals surface area contributed by atoms with Crippen LogP contribution in [0.15, 0.2) is 24.3 Å². The summed E-state index contributed by atoms with van der Waals surface area (Å²) in [4.78, 5) is 0. The summed E-state index contributed by atoms with van der Waals surface area (Å²) >= 11 is 0. The molecule has 0 aliphatic carbocycles. The molecular weight excluding hydrogens is 253 g/mol. The Balaban J connectivity index is 2.71. The molecule has 1 aromatic carbocycles. The van der Waals surface area contributed by atoms with Gasteiger partial charge < -0.3 is 10.1 Å². The third-order valence-corrected chi connectivity index (χ3v) is 3.14. The van der Waals surface area contributed by atoms with Gasteiger partial charge in [-0.3, -0.25) is 0 Å². The maximum absolute atomic E-state index is 14.0. The van der Waals surface area contributed by atoms with E-state index in [2.05, 4.69) is 26.1 Å². The largest absolute Gasteiger partial charge is 0.379 e. The zero-order chi connectivity index (χ0) is 15.2. The molecule has 0 fully saturated rings. The van der Waals surface area contributed by atoms with E-state index in [0.29, 0.717) is 6.61 Å². The van der Waals surface area contributed by atoms with Crippen molar-refractivity contribution in [2.24, 2.45) is 0 Å². The van der Waals surface area contributed by atoms with E-state index >= 15 is 0 Å². The van der Waals surface area contributed by atoms with Crippen molar-refractivity contribution >= 4 is 0 Å². The molecule has 0 radical (unpaired) electrons. The van der Waals surface area contributed by atoms with Crippen molar-refractivity contribution in [1.82, 2.24) is 5.32 Å². The lowest BCUT2D eigenvalue weighted by molar-refractivity contribution is 0.0727. The first kappa shape index (κ1) is 17.1. The molecule has 0 aliphatic rings. The Morgan fingerprint density at radius 3 is 2.40 bits per heavy atom. The molecule has 1 rings (SSSR count). The maximum Gasteiger partial charge on any atom is 0.126 e. The van der Waals surface area contributed by atoms with Crippen LogP contribution in [-0.4, -0.2) is 24.8 Å². The summed E-state index contributed by atoms with van der Waals surface area (Å²) in [5, 5.41) is 3.46. The first-order valence-corrected chi connectivity index (χ1v) is 7.40. The second-order valence-electron chi connectivity index (χ2n) is 6.56. The van der Waals surface area contributed by atoms with Crippen LogP contribution in [0, 0.1) is 5.82 Å². The molecule has 0 aliphatic heterocycles. The second kappa shape index (κ2) is 7.75. The van der Waals surface area contributed by atoms with E-state index in [1.165, 1.54) is 6.07 Å². The summed E-state index contributed by atoms with van der Waals surface area (Å²) in [6.45, 7) is 11.8. The number of hydrogen-bond acceptors (Lipinski definition) is 2. The molecular formula is C17H28FNO. The lowest BCUT2D eigenvalue weighted by atomic mass is 9.94. The first-order chi connectivity index (χ1) is 9.29. The summed E-state index contributed by atoms with van der Waals surface area (Å²) in [5.41, 5.74) is 0.805. The van der Waals surface area contributed by atoms with E-state index in [9.17, 15) is 4.39 Å². The van der Waals surface area contributed by atoms with Crippen LogP contribution >= 0.6 is 0 Å². The molecule has 1 unspecified atom stereocenters. The summed E-state index contributed by atoms with van der Waals surface area (Å²) in [7, 11) is 0. The fraction of sp³-hybridized carbons (Fsp3) is 0.647. The first-order valence-electron chi connectivity index (χ1n) is 7.40. The van der Waals surface area contributed by atoms with E-state index in [1.54, 1.807) is 6.07 Å². The van der Waals surface area contributed by atoms with Gasteiger partial charge in [0.1, 0.15) is 5.82 Å². The van der Waals surface area contributed by atoms with Gasteiger partial charge >= 0.3 is 0 Å². The van der Waals surface area contributed by atoms with Gasteiger partial charge in [-0.15, -0.1) is 0 Å². The van der Waals surface area contributed by atoms with Crippen molar-refractivity contribution in [1.29, 1.82) is 0 Å². The summed E-state index contributed by atoms with van der Waals surface area (Å²) in [6, 6.07) is 7.03. The summed E-state index contributed by atoms with van der Waals surface area (Å²) in [5.74, 6) is 0.00642. The Bertz CT molecular complexity index is 398. The predicted molar refractivity (Wildman–Crippen MR) is 82.6 cm³/mol. The average molecular weight is 281 g/mol. The molecule has 0 saturated carbocycles. The molecule has 1 N–H and O–H groups in total. The topological polar surface area (TPSA) is 21.3 Å². The second-order valence-corrected chi connectivity index (χ2v) is 6.56. The molecule has 1 aromatic rings. The SMILES string of the molecule is CC(C)OCCC(CNC(C)(C)C)c1ccccc1F. The van der Waals surface area contributed by atoms with Crippen molar-refractivity contribution < 1.29 is 9.13 Å². The molecule has 0 aromatic heterocycles. The van der Waals surface area contributed by atoms with Gasteiger partial charge in [-0.1, -0.05) is 18.2 Å². The third kappa shape index (κ3) is 6.49. The quantitative estimate of drug-likeness (QED) is 0.812. The van der Waals surface area contributed by atoms with Crippen molar-refractivity contribution in [3.05, 3.63) is 35.6 Å². The molecule has 0 bridgehead atoms. The lowest BCUT2D eigenvalue weighted by Gasteiger charge is -2.26. The molecule has 2 nitrogen and oxygen atoms in total. The van der Waals surface area contributed by atoms with Crippen LogP contribution in [0.4, 0.5) is 4.39 Å². The minimum atomic E-state index is -0.127. The highest BCUT2D eigenvalue weighted by atomic mass is 19.1. The third-order valence-electron chi connectivity index (χ3n) is 3.14. The number of halogens is 1. The van der Waals surface area contributed by atoms with E-state index in [0.717, 1.165) is 18.5 Å². The van der Waals surface area contributed by atoms with Crippen molar-refractivity contribution in [2.45, 2.75) is 58.6 Å². The summed E-state index contributed by atoms with van der Waals surface area (Å²) < 4.78 is 19.6. The number of hydrogen-bond donors (Lipinski definition) is 1. The fourth-order valence-electron chi connectivity index (χ4n) is 2.05. The van der Waals surface area contributed by atoms with Gasteiger partial charge in [0, 0.05) is 24.6 Å².